The zero-order chi connectivity index (χ0) is 20.9. The summed E-state index contributed by atoms with van der Waals surface area (Å²) in [6.45, 7) is 10.1. The Kier molecular flexibility index (Phi) is 4.24. The second kappa shape index (κ2) is 6.83. The first kappa shape index (κ1) is 18.6. The van der Waals surface area contributed by atoms with E-state index in [1.54, 1.807) is 6.07 Å². The van der Waals surface area contributed by atoms with Crippen molar-refractivity contribution >= 4 is 11.6 Å². The molecular formula is C24H25N5O. The average Bonchev–Trinajstić information content (AvgIpc) is 3.39. The standard InChI is InChI=1S/C24H25N5O/c1-17(2)15-29-20-9-5-12-25-22(20)28-13-6-10-21(28)24(29)11-14-27(16-24)23(30)19-8-4-7-18(3)26-19/h4-10,12-13H,1,11,14-16H2,2-3H3. The SMILES string of the molecule is C=C(C)CN1c2cccnc2-n2cccc2C12CCN(C(=O)c1cccc(C)n1)C2. The molecule has 1 saturated heterocycles. The number of rotatable bonds is 3. The van der Waals surface area contributed by atoms with Crippen molar-refractivity contribution in [1.29, 1.82) is 0 Å². The van der Waals surface area contributed by atoms with Gasteiger partial charge in [-0.05, 0) is 56.7 Å². The van der Waals surface area contributed by atoms with Crippen LogP contribution in [-0.4, -0.2) is 45.0 Å². The Balaban J connectivity index is 1.58. The van der Waals surface area contributed by atoms with Crippen molar-refractivity contribution in [3.63, 3.8) is 0 Å². The molecule has 0 saturated carbocycles. The van der Waals surface area contributed by atoms with Crippen molar-refractivity contribution < 1.29 is 4.79 Å². The zero-order valence-corrected chi connectivity index (χ0v) is 17.4. The number of carbonyl (C=O) groups excluding carboxylic acids is 1. The highest BCUT2D eigenvalue weighted by Gasteiger charge is 2.50. The van der Waals surface area contributed by atoms with Crippen LogP contribution in [0.1, 0.15) is 35.2 Å². The smallest absolute Gasteiger partial charge is 0.272 e. The Labute approximate surface area is 176 Å². The normalized spacial score (nSPS) is 19.7. The van der Waals surface area contributed by atoms with E-state index in [9.17, 15) is 4.79 Å². The fourth-order valence-electron chi connectivity index (χ4n) is 4.83. The molecule has 5 rings (SSSR count). The lowest BCUT2D eigenvalue weighted by Gasteiger charge is -2.47. The first-order valence-corrected chi connectivity index (χ1v) is 10.3. The van der Waals surface area contributed by atoms with E-state index in [0.717, 1.165) is 29.2 Å². The van der Waals surface area contributed by atoms with Crippen molar-refractivity contribution in [2.45, 2.75) is 25.8 Å². The fourth-order valence-corrected chi connectivity index (χ4v) is 4.83. The quantitative estimate of drug-likeness (QED) is 0.630. The van der Waals surface area contributed by atoms with Gasteiger partial charge in [0, 0.05) is 37.7 Å². The average molecular weight is 399 g/mol. The summed E-state index contributed by atoms with van der Waals surface area (Å²) in [7, 11) is 0. The molecule has 6 heteroatoms. The number of aromatic nitrogens is 3. The van der Waals surface area contributed by atoms with Gasteiger partial charge in [-0.15, -0.1) is 0 Å². The third-order valence-corrected chi connectivity index (χ3v) is 6.10. The number of pyridine rings is 2. The molecule has 0 radical (unpaired) electrons. The number of carbonyl (C=O) groups is 1. The van der Waals surface area contributed by atoms with Crippen molar-refractivity contribution in [2.24, 2.45) is 0 Å². The van der Waals surface area contributed by atoms with Gasteiger partial charge >= 0.3 is 0 Å². The molecule has 30 heavy (non-hydrogen) atoms. The van der Waals surface area contributed by atoms with E-state index in [2.05, 4.69) is 50.4 Å². The van der Waals surface area contributed by atoms with Crippen LogP contribution in [0.3, 0.4) is 0 Å². The lowest BCUT2D eigenvalue weighted by atomic mass is 9.88. The van der Waals surface area contributed by atoms with Gasteiger partial charge in [-0.25, -0.2) is 9.97 Å². The van der Waals surface area contributed by atoms with E-state index >= 15 is 0 Å². The number of aryl methyl sites for hydroxylation is 1. The lowest BCUT2D eigenvalue weighted by Crippen LogP contribution is -2.53. The van der Waals surface area contributed by atoms with E-state index < -0.39 is 0 Å². The number of hydrogen-bond donors (Lipinski definition) is 0. The number of hydrogen-bond acceptors (Lipinski definition) is 4. The predicted molar refractivity (Wildman–Crippen MR) is 117 cm³/mol. The Morgan fingerprint density at radius 3 is 2.87 bits per heavy atom. The Morgan fingerprint density at radius 2 is 2.07 bits per heavy atom. The highest BCUT2D eigenvalue weighted by Crippen LogP contribution is 2.47. The van der Waals surface area contributed by atoms with E-state index in [-0.39, 0.29) is 11.4 Å². The summed E-state index contributed by atoms with van der Waals surface area (Å²) >= 11 is 0. The molecule has 0 N–H and O–H groups in total. The minimum atomic E-state index is -0.321. The first-order chi connectivity index (χ1) is 14.5. The Hall–Kier alpha value is -3.41. The minimum absolute atomic E-state index is 0.0130. The summed E-state index contributed by atoms with van der Waals surface area (Å²) in [5.74, 6) is 0.912. The highest BCUT2D eigenvalue weighted by atomic mass is 16.2. The van der Waals surface area contributed by atoms with Crippen LogP contribution >= 0.6 is 0 Å². The summed E-state index contributed by atoms with van der Waals surface area (Å²) in [5.41, 5.74) is 4.36. The summed E-state index contributed by atoms with van der Waals surface area (Å²) in [5, 5.41) is 0. The fraction of sp³-hybridized carbons (Fsp3) is 0.292. The second-order valence-corrected chi connectivity index (χ2v) is 8.33. The molecule has 3 aromatic heterocycles. The van der Waals surface area contributed by atoms with Gasteiger partial charge in [0.05, 0.1) is 11.4 Å². The van der Waals surface area contributed by atoms with E-state index in [0.29, 0.717) is 25.3 Å². The minimum Gasteiger partial charge on any atom is -0.351 e. The maximum atomic E-state index is 13.3. The molecule has 2 aliphatic rings. The van der Waals surface area contributed by atoms with Crippen molar-refractivity contribution in [3.05, 3.63) is 84.1 Å². The molecule has 1 atom stereocenters. The van der Waals surface area contributed by atoms with Crippen LogP contribution in [0.25, 0.3) is 5.82 Å². The molecular weight excluding hydrogens is 374 g/mol. The molecule has 0 aromatic carbocycles. The molecule has 1 unspecified atom stereocenters. The van der Waals surface area contributed by atoms with Gasteiger partial charge in [-0.2, -0.15) is 0 Å². The molecule has 0 bridgehead atoms. The third-order valence-electron chi connectivity index (χ3n) is 6.10. The monoisotopic (exact) mass is 399 g/mol. The van der Waals surface area contributed by atoms with Crippen LogP contribution in [-0.2, 0) is 5.54 Å². The molecule has 1 amide bonds. The van der Waals surface area contributed by atoms with E-state index in [1.807, 2.05) is 43.1 Å². The third kappa shape index (κ3) is 2.75. The van der Waals surface area contributed by atoms with Crippen molar-refractivity contribution in [2.75, 3.05) is 24.5 Å². The van der Waals surface area contributed by atoms with Crippen molar-refractivity contribution in [1.82, 2.24) is 19.4 Å². The Morgan fingerprint density at radius 1 is 1.20 bits per heavy atom. The molecule has 1 spiro atoms. The van der Waals surface area contributed by atoms with Gasteiger partial charge in [-0.1, -0.05) is 18.2 Å². The second-order valence-electron chi connectivity index (χ2n) is 8.33. The van der Waals surface area contributed by atoms with Gasteiger partial charge in [0.1, 0.15) is 11.2 Å². The zero-order valence-electron chi connectivity index (χ0n) is 17.4. The highest BCUT2D eigenvalue weighted by molar-refractivity contribution is 5.92. The molecule has 3 aromatic rings. The van der Waals surface area contributed by atoms with Crippen LogP contribution in [0.5, 0.6) is 0 Å². The maximum Gasteiger partial charge on any atom is 0.272 e. The number of nitrogens with zero attached hydrogens (tertiary/aromatic N) is 5. The summed E-state index contributed by atoms with van der Waals surface area (Å²) in [4.78, 5) is 26.7. The summed E-state index contributed by atoms with van der Waals surface area (Å²) in [6.07, 6.45) is 4.73. The summed E-state index contributed by atoms with van der Waals surface area (Å²) in [6, 6.07) is 13.9. The van der Waals surface area contributed by atoms with Crippen LogP contribution in [0.2, 0.25) is 0 Å². The number of amides is 1. The van der Waals surface area contributed by atoms with Gasteiger partial charge in [0.25, 0.3) is 5.91 Å². The van der Waals surface area contributed by atoms with Crippen molar-refractivity contribution in [3.8, 4) is 5.82 Å². The molecule has 152 valence electrons. The molecule has 6 nitrogen and oxygen atoms in total. The van der Waals surface area contributed by atoms with Gasteiger partial charge in [0.15, 0.2) is 5.82 Å². The van der Waals surface area contributed by atoms with E-state index in [1.165, 1.54) is 5.69 Å². The maximum absolute atomic E-state index is 13.3. The molecule has 0 aliphatic carbocycles. The van der Waals surface area contributed by atoms with E-state index in [4.69, 9.17) is 0 Å². The number of likely N-dealkylation sites (tertiary alicyclic amines) is 1. The van der Waals surface area contributed by atoms with Gasteiger partial charge < -0.3 is 14.4 Å². The number of fused-ring (bicyclic) bond motifs is 4. The van der Waals surface area contributed by atoms with Gasteiger partial charge in [-0.3, -0.25) is 4.79 Å². The van der Waals surface area contributed by atoms with Crippen LogP contribution in [0.4, 0.5) is 5.69 Å². The largest absolute Gasteiger partial charge is 0.351 e. The molecule has 2 aliphatic heterocycles. The van der Waals surface area contributed by atoms with Crippen LogP contribution < -0.4 is 4.90 Å². The van der Waals surface area contributed by atoms with Crippen LogP contribution in [0, 0.1) is 6.92 Å². The van der Waals surface area contributed by atoms with Gasteiger partial charge in [0.2, 0.25) is 0 Å². The predicted octanol–water partition coefficient (Wildman–Crippen LogP) is 3.71. The Bertz CT molecular complexity index is 1150. The molecule has 5 heterocycles. The lowest BCUT2D eigenvalue weighted by molar-refractivity contribution is 0.0776. The van der Waals surface area contributed by atoms with Crippen LogP contribution in [0.15, 0.2) is 67.0 Å². The molecule has 1 fully saturated rings. The topological polar surface area (TPSA) is 54.3 Å². The summed E-state index contributed by atoms with van der Waals surface area (Å²) < 4.78 is 2.17. The number of anilines is 1. The first-order valence-electron chi connectivity index (χ1n) is 10.3.